The van der Waals surface area contributed by atoms with Crippen molar-refractivity contribution in [2.45, 2.75) is 30.3 Å². The van der Waals surface area contributed by atoms with Crippen molar-refractivity contribution in [3.63, 3.8) is 0 Å². The third kappa shape index (κ3) is 4.36. The number of aryl methyl sites for hydroxylation is 2. The maximum absolute atomic E-state index is 13.9. The molecule has 0 bridgehead atoms. The summed E-state index contributed by atoms with van der Waals surface area (Å²) >= 11 is 0. The summed E-state index contributed by atoms with van der Waals surface area (Å²) in [5.74, 6) is -5.53. The molecule has 2 fully saturated rings. The van der Waals surface area contributed by atoms with E-state index in [0.717, 1.165) is 16.6 Å². The maximum atomic E-state index is 13.9. The van der Waals surface area contributed by atoms with Crippen molar-refractivity contribution < 1.29 is 26.4 Å². The van der Waals surface area contributed by atoms with Gasteiger partial charge in [-0.1, -0.05) is 0 Å². The predicted molar refractivity (Wildman–Crippen MR) is 133 cm³/mol. The van der Waals surface area contributed by atoms with Crippen LogP contribution in [-0.4, -0.2) is 73.9 Å². The van der Waals surface area contributed by atoms with Crippen LogP contribution >= 0.6 is 0 Å². The molecule has 204 valence electrons. The lowest BCUT2D eigenvalue weighted by atomic mass is 9.96. The average molecular weight is 560 g/mol. The van der Waals surface area contributed by atoms with Crippen LogP contribution in [0, 0.1) is 18.7 Å². The van der Waals surface area contributed by atoms with Crippen LogP contribution in [0.15, 0.2) is 53.8 Å². The van der Waals surface area contributed by atoms with Crippen LogP contribution in [-0.2, 0) is 21.9 Å². The zero-order chi connectivity index (χ0) is 27.7. The quantitative estimate of drug-likeness (QED) is 0.372. The van der Waals surface area contributed by atoms with Gasteiger partial charge in [0.05, 0.1) is 29.6 Å². The summed E-state index contributed by atoms with van der Waals surface area (Å²) in [6.45, 7) is 1.55. The zero-order valence-corrected chi connectivity index (χ0v) is 21.8. The Balaban J connectivity index is 1.40. The molecule has 1 saturated carbocycles. The van der Waals surface area contributed by atoms with Crippen molar-refractivity contribution >= 4 is 26.8 Å². The minimum absolute atomic E-state index is 0.0537. The number of rotatable bonds is 5. The summed E-state index contributed by atoms with van der Waals surface area (Å²) in [6.07, 6.45) is 2.24. The Kier molecular flexibility index (Phi) is 5.80. The number of hydrogen-bond acceptors (Lipinski definition) is 6. The normalized spacial score (nSPS) is 21.4. The van der Waals surface area contributed by atoms with Crippen LogP contribution in [0.3, 0.4) is 0 Å². The smallest absolute Gasteiger partial charge is 0.264 e. The second kappa shape index (κ2) is 8.88. The minimum atomic E-state index is -4.04. The number of sulfonamides is 1. The van der Waals surface area contributed by atoms with Gasteiger partial charge in [0.15, 0.2) is 0 Å². The van der Waals surface area contributed by atoms with E-state index < -0.39 is 40.2 Å². The highest BCUT2D eigenvalue weighted by Gasteiger charge is 2.63. The van der Waals surface area contributed by atoms with E-state index in [9.17, 15) is 26.4 Å². The molecule has 3 heterocycles. The van der Waals surface area contributed by atoms with E-state index in [1.54, 1.807) is 36.0 Å². The Labute approximate surface area is 221 Å². The van der Waals surface area contributed by atoms with Crippen molar-refractivity contribution in [3.8, 4) is 5.69 Å². The molecule has 2 aliphatic rings. The third-order valence-corrected chi connectivity index (χ3v) is 9.05. The highest BCUT2D eigenvalue weighted by molar-refractivity contribution is 7.89. The number of benzene rings is 2. The summed E-state index contributed by atoms with van der Waals surface area (Å²) in [5.41, 5.74) is 2.70. The van der Waals surface area contributed by atoms with Crippen LogP contribution in [0.25, 0.3) is 16.6 Å². The number of piperazine rings is 1. The SMILES string of the molecule is Cc1cc2c(cnn2-c2ccc(F)cc2)cc1[C@@H]1CN(S(=O)(=O)c2cnn(C)n2)CCN1C(=O)C1CC1(F)F. The van der Waals surface area contributed by atoms with Gasteiger partial charge in [-0.05, 0) is 54.4 Å². The summed E-state index contributed by atoms with van der Waals surface area (Å²) in [6, 6.07) is 8.67. The molecule has 1 unspecified atom stereocenters. The van der Waals surface area contributed by atoms with E-state index in [1.165, 1.54) is 28.4 Å². The fraction of sp³-hybridized carbons (Fsp3) is 0.360. The molecule has 1 aliphatic carbocycles. The lowest BCUT2D eigenvalue weighted by Crippen LogP contribution is -2.53. The number of nitrogens with zero attached hydrogens (tertiary/aromatic N) is 7. The molecule has 0 radical (unpaired) electrons. The maximum Gasteiger partial charge on any atom is 0.264 e. The molecule has 14 heteroatoms. The number of aromatic nitrogens is 5. The first kappa shape index (κ1) is 25.5. The van der Waals surface area contributed by atoms with Gasteiger partial charge in [0.2, 0.25) is 10.9 Å². The number of halogens is 3. The highest BCUT2D eigenvalue weighted by Crippen LogP contribution is 2.50. The van der Waals surface area contributed by atoms with Crippen molar-refractivity contribution in [1.29, 1.82) is 0 Å². The van der Waals surface area contributed by atoms with Gasteiger partial charge in [-0.3, -0.25) is 4.79 Å². The lowest BCUT2D eigenvalue weighted by Gasteiger charge is -2.41. The zero-order valence-electron chi connectivity index (χ0n) is 21.0. The van der Waals surface area contributed by atoms with Gasteiger partial charge in [0, 0.05) is 38.5 Å². The topological polar surface area (TPSA) is 106 Å². The molecule has 0 spiro atoms. The van der Waals surface area contributed by atoms with E-state index in [0.29, 0.717) is 22.2 Å². The average Bonchev–Trinajstić information content (AvgIpc) is 3.20. The Morgan fingerprint density at radius 3 is 2.44 bits per heavy atom. The van der Waals surface area contributed by atoms with E-state index in [4.69, 9.17) is 0 Å². The van der Waals surface area contributed by atoms with Gasteiger partial charge < -0.3 is 4.90 Å². The first-order valence-corrected chi connectivity index (χ1v) is 13.7. The molecule has 1 aliphatic heterocycles. The highest BCUT2D eigenvalue weighted by atomic mass is 32.2. The van der Waals surface area contributed by atoms with Gasteiger partial charge in [-0.2, -0.15) is 19.3 Å². The number of carbonyl (C=O) groups excluding carboxylic acids is 1. The van der Waals surface area contributed by atoms with Crippen molar-refractivity contribution in [1.82, 2.24) is 34.0 Å². The second-order valence-electron chi connectivity index (χ2n) is 9.90. The largest absolute Gasteiger partial charge is 0.333 e. The van der Waals surface area contributed by atoms with Crippen LogP contribution in [0.2, 0.25) is 0 Å². The van der Waals surface area contributed by atoms with E-state index in [2.05, 4.69) is 15.3 Å². The van der Waals surface area contributed by atoms with Gasteiger partial charge in [-0.25, -0.2) is 26.3 Å². The molecule has 2 aromatic carbocycles. The molecule has 4 aromatic rings. The van der Waals surface area contributed by atoms with Crippen molar-refractivity contribution in [2.24, 2.45) is 13.0 Å². The van der Waals surface area contributed by atoms with Gasteiger partial charge >= 0.3 is 0 Å². The number of fused-ring (bicyclic) bond motifs is 1. The molecular formula is C25H24F3N7O3S. The first-order chi connectivity index (χ1) is 18.5. The van der Waals surface area contributed by atoms with Gasteiger partial charge in [0.1, 0.15) is 11.7 Å². The third-order valence-electron chi connectivity index (χ3n) is 7.32. The molecule has 10 nitrogen and oxygen atoms in total. The number of amides is 1. The molecule has 6 rings (SSSR count). The molecule has 0 N–H and O–H groups in total. The van der Waals surface area contributed by atoms with Gasteiger partial charge in [0.25, 0.3) is 15.9 Å². The molecule has 39 heavy (non-hydrogen) atoms. The lowest BCUT2D eigenvalue weighted by molar-refractivity contribution is -0.139. The number of alkyl halides is 2. The van der Waals surface area contributed by atoms with Crippen LogP contribution in [0.4, 0.5) is 13.2 Å². The fourth-order valence-corrected chi connectivity index (χ4v) is 6.43. The molecule has 2 aromatic heterocycles. The monoisotopic (exact) mass is 559 g/mol. The van der Waals surface area contributed by atoms with E-state index >= 15 is 0 Å². The Hall–Kier alpha value is -3.78. The Morgan fingerprint density at radius 2 is 1.79 bits per heavy atom. The summed E-state index contributed by atoms with van der Waals surface area (Å²) in [7, 11) is -2.54. The second-order valence-corrected chi connectivity index (χ2v) is 11.8. The Bertz CT molecular complexity index is 1700. The molecule has 2 atom stereocenters. The van der Waals surface area contributed by atoms with Crippen LogP contribution in [0.1, 0.15) is 23.6 Å². The molecule has 1 saturated heterocycles. The van der Waals surface area contributed by atoms with Crippen molar-refractivity contribution in [2.75, 3.05) is 19.6 Å². The van der Waals surface area contributed by atoms with Crippen molar-refractivity contribution in [3.05, 3.63) is 65.7 Å². The van der Waals surface area contributed by atoms with E-state index in [-0.39, 0.29) is 30.5 Å². The molecule has 1 amide bonds. The van der Waals surface area contributed by atoms with E-state index in [1.807, 2.05) is 6.07 Å². The minimum Gasteiger partial charge on any atom is -0.333 e. The standard InChI is InChI=1S/C25H24F3N7O3S/c1-15-9-21-16(12-30-35(21)18-5-3-17(26)4-6-18)10-19(15)22-14-33(39(37,38)23-13-29-32(2)31-23)7-8-34(22)24(36)20-11-25(20,27)28/h3-6,9-10,12-13,20,22H,7-8,11,14H2,1-2H3/t20?,22-/m0/s1. The number of hydrogen-bond donors (Lipinski definition) is 0. The first-order valence-electron chi connectivity index (χ1n) is 12.2. The molecular weight excluding hydrogens is 535 g/mol. The van der Waals surface area contributed by atoms with Gasteiger partial charge in [-0.15, -0.1) is 5.10 Å². The van der Waals surface area contributed by atoms with Crippen LogP contribution in [0.5, 0.6) is 0 Å². The van der Waals surface area contributed by atoms with Crippen LogP contribution < -0.4 is 0 Å². The number of carbonyl (C=O) groups is 1. The predicted octanol–water partition coefficient (Wildman–Crippen LogP) is 2.83. The summed E-state index contributed by atoms with van der Waals surface area (Å²) < 4.78 is 70.7. The fourth-order valence-electron chi connectivity index (χ4n) is 5.11. The summed E-state index contributed by atoms with van der Waals surface area (Å²) in [5, 5.41) is 12.7. The Morgan fingerprint density at radius 1 is 1.08 bits per heavy atom. The summed E-state index contributed by atoms with van der Waals surface area (Å²) in [4.78, 5) is 15.7.